The van der Waals surface area contributed by atoms with Gasteiger partial charge in [0.15, 0.2) is 0 Å². The summed E-state index contributed by atoms with van der Waals surface area (Å²) in [5.74, 6) is 6.03. The zero-order chi connectivity index (χ0) is 35.2. The molecule has 0 saturated heterocycles. The Bertz CT molecular complexity index is 2060. The topological polar surface area (TPSA) is 30.9 Å². The predicted molar refractivity (Wildman–Crippen MR) is 207 cm³/mol. The van der Waals surface area contributed by atoms with Crippen LogP contribution in [0.25, 0.3) is 0 Å². The number of nitrogens with zero attached hydrogens (tertiary/aromatic N) is 1. The van der Waals surface area contributed by atoms with Gasteiger partial charge in [0.1, 0.15) is 0 Å². The molecule has 0 fully saturated rings. The fraction of sp³-hybridized carbons (Fsp3) is 0.455. The average molecular weight is 717 g/mol. The summed E-state index contributed by atoms with van der Waals surface area (Å²) >= 11 is -3.57. The van der Waals surface area contributed by atoms with E-state index < -0.39 is 13.3 Å². The zero-order valence-electron chi connectivity index (χ0n) is 31.9. The van der Waals surface area contributed by atoms with Gasteiger partial charge in [0.05, 0.1) is 0 Å². The van der Waals surface area contributed by atoms with Crippen molar-refractivity contribution in [2.24, 2.45) is 0 Å². The zero-order valence-corrected chi connectivity index (χ0v) is 34.0. The van der Waals surface area contributed by atoms with Crippen molar-refractivity contribution in [2.75, 3.05) is 4.90 Å². The van der Waals surface area contributed by atoms with E-state index in [1.165, 1.54) is 46.8 Å². The number of benzene rings is 4. The Morgan fingerprint density at radius 1 is 0.531 bits per heavy atom. The molecule has 4 aliphatic heterocycles. The summed E-state index contributed by atoms with van der Waals surface area (Å²) in [5.41, 5.74) is 8.21. The van der Waals surface area contributed by atoms with Crippen molar-refractivity contribution >= 4 is 43.5 Å². The number of rotatable bonds is 3. The summed E-state index contributed by atoms with van der Waals surface area (Å²) < 4.78 is 26.0. The molecule has 4 aromatic rings. The van der Waals surface area contributed by atoms with Gasteiger partial charge in [-0.3, -0.25) is 0 Å². The second-order valence-corrected chi connectivity index (χ2v) is 27.0. The fourth-order valence-electron chi connectivity index (χ4n) is 8.61. The maximum absolute atomic E-state index is 7.35. The van der Waals surface area contributed by atoms with Crippen molar-refractivity contribution in [1.82, 2.24) is 0 Å². The van der Waals surface area contributed by atoms with Crippen LogP contribution in [0.3, 0.4) is 0 Å². The van der Waals surface area contributed by atoms with Gasteiger partial charge < -0.3 is 0 Å². The third-order valence-electron chi connectivity index (χ3n) is 11.3. The normalized spacial score (nSPS) is 18.3. The average Bonchev–Trinajstić information content (AvgIpc) is 2.99. The fourth-order valence-corrected chi connectivity index (χ4v) is 21.0. The van der Waals surface area contributed by atoms with Crippen LogP contribution in [-0.2, 0) is 21.7 Å². The van der Waals surface area contributed by atoms with Crippen molar-refractivity contribution in [2.45, 2.75) is 130 Å². The summed E-state index contributed by atoms with van der Waals surface area (Å²) in [5, 5.41) is 1.14. The van der Waals surface area contributed by atoms with Crippen molar-refractivity contribution in [3.8, 4) is 34.5 Å². The molecule has 0 saturated carbocycles. The van der Waals surface area contributed by atoms with E-state index in [-0.39, 0.29) is 21.7 Å². The number of unbranched alkanes of at least 4 members (excludes halogenated alkanes) is 1. The molecule has 256 valence electrons. The van der Waals surface area contributed by atoms with Crippen LogP contribution in [0.15, 0.2) is 48.5 Å². The van der Waals surface area contributed by atoms with Gasteiger partial charge in [-0.05, 0) is 0 Å². The Hall–Kier alpha value is -3.38. The van der Waals surface area contributed by atoms with Gasteiger partial charge in [-0.15, -0.1) is 0 Å². The first-order valence-corrected chi connectivity index (χ1v) is 23.0. The van der Waals surface area contributed by atoms with Gasteiger partial charge in [0, 0.05) is 0 Å². The van der Waals surface area contributed by atoms with E-state index in [2.05, 4.69) is 143 Å². The van der Waals surface area contributed by atoms with E-state index in [0.717, 1.165) is 58.3 Å². The third-order valence-corrected chi connectivity index (χ3v) is 22.0. The molecule has 4 aromatic carbocycles. The van der Waals surface area contributed by atoms with E-state index in [0.29, 0.717) is 0 Å². The van der Waals surface area contributed by atoms with Crippen molar-refractivity contribution in [1.29, 1.82) is 0 Å². The first kappa shape index (κ1) is 32.8. The second kappa shape index (κ2) is 10.1. The van der Waals surface area contributed by atoms with Crippen molar-refractivity contribution < 1.29 is 14.2 Å². The summed E-state index contributed by atoms with van der Waals surface area (Å²) in [4.78, 5) is 2.51. The van der Waals surface area contributed by atoms with Gasteiger partial charge in [-0.1, -0.05) is 0 Å². The SMILES string of the molecule is CCC[CH2][Ge]12[c]3c4cc(C(C)(C)C)cc3Oc3c(C(C)(C)C)cc5c([c]31)N(c1ccc(C(C)(C)C)cc1O5)c1ccc(C(C)(C)C)c([c]12)O4. The van der Waals surface area contributed by atoms with E-state index in [4.69, 9.17) is 14.2 Å². The van der Waals surface area contributed by atoms with Gasteiger partial charge in [-0.2, -0.15) is 0 Å². The Labute approximate surface area is 296 Å². The van der Waals surface area contributed by atoms with Crippen molar-refractivity contribution in [3.63, 3.8) is 0 Å². The third kappa shape index (κ3) is 4.54. The standard InChI is InChI=1S/C44H53GeNO3/c1-14-15-20-45-35-30-19-17-27(43(8,9)10)39(35)48-32-22-26(42(5,6)7)23-33(36(32)45)49-40-28(44(11,12)13)24-34-38(37(40)45)46(30)29-18-16-25(41(2,3)4)21-31(29)47-34/h16-19,21-24H,14-15,20H2,1-13H3. The monoisotopic (exact) mass is 717 g/mol. The minimum absolute atomic E-state index is 0.00114. The molecule has 0 radical (unpaired) electrons. The molecule has 1 atom stereocenters. The molecule has 49 heavy (non-hydrogen) atoms. The van der Waals surface area contributed by atoms with E-state index in [1.54, 1.807) is 0 Å². The summed E-state index contributed by atoms with van der Waals surface area (Å²) in [6.07, 6.45) is 2.29. The Balaban J connectivity index is 1.58. The van der Waals surface area contributed by atoms with Gasteiger partial charge in [0.25, 0.3) is 0 Å². The molecule has 4 nitrogen and oxygen atoms in total. The number of fused-ring (bicyclic) bond motifs is 3. The predicted octanol–water partition coefficient (Wildman–Crippen LogP) is 11.2. The van der Waals surface area contributed by atoms with Crippen LogP contribution in [0, 0.1) is 0 Å². The molecule has 8 rings (SSSR count). The van der Waals surface area contributed by atoms with Crippen LogP contribution < -0.4 is 32.3 Å². The molecular formula is C44H53GeNO3. The van der Waals surface area contributed by atoms with Crippen LogP contribution in [-0.4, -0.2) is 13.3 Å². The first-order valence-electron chi connectivity index (χ1n) is 18.3. The maximum atomic E-state index is 7.35. The molecule has 0 N–H and O–H groups in total. The summed E-state index contributed by atoms with van der Waals surface area (Å²) in [6, 6.07) is 18.6. The van der Waals surface area contributed by atoms with Crippen LogP contribution in [0.1, 0.15) is 125 Å². The summed E-state index contributed by atoms with van der Waals surface area (Å²) in [6.45, 7) is 29.9. The Morgan fingerprint density at radius 2 is 1.10 bits per heavy atom. The number of hydrogen-bond donors (Lipinski definition) is 0. The van der Waals surface area contributed by atoms with Gasteiger partial charge in [-0.25, -0.2) is 0 Å². The molecular weight excluding hydrogens is 663 g/mol. The summed E-state index contributed by atoms with van der Waals surface area (Å²) in [7, 11) is 0. The Kier molecular flexibility index (Phi) is 6.77. The first-order chi connectivity index (χ1) is 22.8. The van der Waals surface area contributed by atoms with E-state index in [9.17, 15) is 0 Å². The molecule has 0 aromatic heterocycles. The molecule has 4 heterocycles. The molecule has 5 heteroatoms. The number of anilines is 3. The van der Waals surface area contributed by atoms with Crippen LogP contribution in [0.5, 0.6) is 34.5 Å². The molecule has 1 unspecified atom stereocenters. The molecule has 0 spiro atoms. The van der Waals surface area contributed by atoms with Gasteiger partial charge >= 0.3 is 298 Å². The molecule has 0 amide bonds. The Morgan fingerprint density at radius 3 is 1.67 bits per heavy atom. The van der Waals surface area contributed by atoms with Crippen molar-refractivity contribution in [3.05, 3.63) is 70.8 Å². The second-order valence-electron chi connectivity index (χ2n) is 19.0. The van der Waals surface area contributed by atoms with E-state index >= 15 is 0 Å². The number of hydrogen-bond acceptors (Lipinski definition) is 4. The minimum atomic E-state index is -3.57. The van der Waals surface area contributed by atoms with Crippen LogP contribution >= 0.6 is 0 Å². The number of ether oxygens (including phenoxy) is 3. The molecule has 0 aliphatic carbocycles. The molecule has 0 bridgehead atoms. The van der Waals surface area contributed by atoms with Gasteiger partial charge in [0.2, 0.25) is 0 Å². The van der Waals surface area contributed by atoms with Crippen LogP contribution in [0.4, 0.5) is 17.1 Å². The van der Waals surface area contributed by atoms with Crippen LogP contribution in [0.2, 0.25) is 5.25 Å². The quantitative estimate of drug-likeness (QED) is 0.171. The molecule has 4 aliphatic rings. The van der Waals surface area contributed by atoms with E-state index in [1.807, 2.05) is 0 Å².